The molecule has 1 aromatic carbocycles. The van der Waals surface area contributed by atoms with Gasteiger partial charge < -0.3 is 14.8 Å². The van der Waals surface area contributed by atoms with Crippen LogP contribution in [0.1, 0.15) is 71.8 Å². The van der Waals surface area contributed by atoms with Crippen LogP contribution in [0.25, 0.3) is 0 Å². The van der Waals surface area contributed by atoms with Crippen LogP contribution in [-0.2, 0) is 6.54 Å². The van der Waals surface area contributed by atoms with Crippen LogP contribution in [0.4, 0.5) is 0 Å². The highest BCUT2D eigenvalue weighted by atomic mass is 35.5. The minimum Gasteiger partial charge on any atom is -0.493 e. The van der Waals surface area contributed by atoms with Crippen molar-refractivity contribution in [1.82, 2.24) is 5.32 Å². The fraction of sp³-hybridized carbons (Fsp3) is 0.739. The van der Waals surface area contributed by atoms with Gasteiger partial charge in [0, 0.05) is 28.7 Å². The van der Waals surface area contributed by atoms with Crippen LogP contribution in [0.2, 0.25) is 5.02 Å². The predicted octanol–water partition coefficient (Wildman–Crippen LogP) is 5.97. The third kappa shape index (κ3) is 3.70. The molecule has 4 heteroatoms. The van der Waals surface area contributed by atoms with Gasteiger partial charge in [-0.25, -0.2) is 0 Å². The van der Waals surface area contributed by atoms with E-state index in [0.29, 0.717) is 15.9 Å². The number of benzene rings is 1. The van der Waals surface area contributed by atoms with Crippen molar-refractivity contribution in [3.63, 3.8) is 0 Å². The lowest BCUT2D eigenvalue weighted by Crippen LogP contribution is -2.63. The first-order valence-corrected chi connectivity index (χ1v) is 10.8. The summed E-state index contributed by atoms with van der Waals surface area (Å²) < 4.78 is 11.7. The smallest absolute Gasteiger partial charge is 0.166 e. The van der Waals surface area contributed by atoms with E-state index in [-0.39, 0.29) is 11.6 Å². The van der Waals surface area contributed by atoms with Gasteiger partial charge in [0.2, 0.25) is 0 Å². The van der Waals surface area contributed by atoms with Gasteiger partial charge >= 0.3 is 0 Å². The van der Waals surface area contributed by atoms with Gasteiger partial charge in [0.1, 0.15) is 0 Å². The highest BCUT2D eigenvalue weighted by Gasteiger charge is 2.59. The van der Waals surface area contributed by atoms with Crippen molar-refractivity contribution in [2.75, 3.05) is 7.11 Å². The van der Waals surface area contributed by atoms with Gasteiger partial charge in [-0.1, -0.05) is 25.4 Å². The molecule has 1 N–H and O–H groups in total. The number of hydrogen-bond donors (Lipinski definition) is 1. The summed E-state index contributed by atoms with van der Waals surface area (Å²) in [5, 5.41) is 4.69. The Morgan fingerprint density at radius 2 is 1.78 bits per heavy atom. The zero-order valence-electron chi connectivity index (χ0n) is 17.5. The summed E-state index contributed by atoms with van der Waals surface area (Å²) in [5.74, 6) is 2.42. The van der Waals surface area contributed by atoms with Gasteiger partial charge in [-0.15, -0.1) is 0 Å². The van der Waals surface area contributed by atoms with E-state index >= 15 is 0 Å². The van der Waals surface area contributed by atoms with Crippen molar-refractivity contribution in [2.24, 2.45) is 16.7 Å². The summed E-state index contributed by atoms with van der Waals surface area (Å²) in [5.41, 5.74) is 2.36. The van der Waals surface area contributed by atoms with Crippen molar-refractivity contribution >= 4 is 11.6 Å². The molecule has 4 atom stereocenters. The fourth-order valence-electron chi connectivity index (χ4n) is 7.20. The molecule has 0 heterocycles. The number of halogens is 1. The maximum atomic E-state index is 6.37. The molecule has 4 fully saturated rings. The SMILES string of the molecule is COc1cc(Cl)cc(CNC23CC4C[C@@](C)(C2)C[C@](C)(C4)C3)c1OC(C)C. The molecular formula is C23H34ClNO2. The second-order valence-corrected chi connectivity index (χ2v) is 11.0. The molecule has 4 aliphatic carbocycles. The van der Waals surface area contributed by atoms with Gasteiger partial charge in [0.15, 0.2) is 11.5 Å². The van der Waals surface area contributed by atoms with E-state index in [2.05, 4.69) is 19.2 Å². The van der Waals surface area contributed by atoms with Crippen LogP contribution in [-0.4, -0.2) is 18.8 Å². The van der Waals surface area contributed by atoms with Crippen molar-refractivity contribution in [3.8, 4) is 11.5 Å². The lowest BCUT2D eigenvalue weighted by molar-refractivity contribution is -0.118. The van der Waals surface area contributed by atoms with E-state index < -0.39 is 0 Å². The molecule has 1 aromatic rings. The molecule has 3 nitrogen and oxygen atoms in total. The Balaban J connectivity index is 1.59. The summed E-state index contributed by atoms with van der Waals surface area (Å²) in [6.45, 7) is 9.90. The third-order valence-electron chi connectivity index (χ3n) is 6.95. The van der Waals surface area contributed by atoms with Crippen LogP contribution in [0.5, 0.6) is 11.5 Å². The topological polar surface area (TPSA) is 30.5 Å². The molecule has 0 amide bonds. The largest absolute Gasteiger partial charge is 0.493 e. The quantitative estimate of drug-likeness (QED) is 0.647. The lowest BCUT2D eigenvalue weighted by Gasteiger charge is -2.65. The highest BCUT2D eigenvalue weighted by molar-refractivity contribution is 6.30. The number of rotatable bonds is 6. The van der Waals surface area contributed by atoms with E-state index in [4.69, 9.17) is 21.1 Å². The van der Waals surface area contributed by atoms with Crippen LogP contribution < -0.4 is 14.8 Å². The standard InChI is InChI=1S/C23H34ClNO2/c1-15(2)27-20-17(6-18(24)7-19(20)26-5)11-25-23-10-16-8-21(3,13-23)12-22(4,9-16)14-23/h6-7,15-16,25H,8-14H2,1-5H3/t16?,21-,22+,23?. The first-order chi connectivity index (χ1) is 12.6. The Labute approximate surface area is 169 Å². The Bertz CT molecular complexity index is 713. The molecule has 2 unspecified atom stereocenters. The number of hydrogen-bond acceptors (Lipinski definition) is 3. The molecule has 0 aliphatic heterocycles. The average molecular weight is 392 g/mol. The van der Waals surface area contributed by atoms with E-state index in [1.165, 1.54) is 38.5 Å². The first kappa shape index (κ1) is 19.4. The van der Waals surface area contributed by atoms with Crippen molar-refractivity contribution in [1.29, 1.82) is 0 Å². The summed E-state index contributed by atoms with van der Waals surface area (Å²) in [7, 11) is 1.68. The molecule has 150 valence electrons. The zero-order chi connectivity index (χ0) is 19.4. The summed E-state index contributed by atoms with van der Waals surface area (Å²) >= 11 is 6.37. The average Bonchev–Trinajstić information content (AvgIpc) is 2.50. The van der Waals surface area contributed by atoms with Gasteiger partial charge in [-0.2, -0.15) is 0 Å². The molecule has 0 saturated heterocycles. The maximum absolute atomic E-state index is 6.37. The van der Waals surface area contributed by atoms with E-state index in [9.17, 15) is 0 Å². The zero-order valence-corrected chi connectivity index (χ0v) is 18.2. The summed E-state index contributed by atoms with van der Waals surface area (Å²) in [6, 6.07) is 3.87. The molecular weight excluding hydrogens is 358 g/mol. The second kappa shape index (κ2) is 6.56. The Kier molecular flexibility index (Phi) is 4.71. The molecule has 0 radical (unpaired) electrons. The monoisotopic (exact) mass is 391 g/mol. The molecule has 4 saturated carbocycles. The highest BCUT2D eigenvalue weighted by Crippen LogP contribution is 2.66. The van der Waals surface area contributed by atoms with E-state index in [1.54, 1.807) is 7.11 Å². The molecule has 4 bridgehead atoms. The van der Waals surface area contributed by atoms with E-state index in [1.807, 2.05) is 26.0 Å². The van der Waals surface area contributed by atoms with Gasteiger partial charge in [-0.3, -0.25) is 0 Å². The third-order valence-corrected chi connectivity index (χ3v) is 7.17. The Morgan fingerprint density at radius 3 is 2.33 bits per heavy atom. The molecule has 5 rings (SSSR count). The Morgan fingerprint density at radius 1 is 1.11 bits per heavy atom. The minimum atomic E-state index is 0.0937. The van der Waals surface area contributed by atoms with Crippen LogP contribution in [0.3, 0.4) is 0 Å². The fourth-order valence-corrected chi connectivity index (χ4v) is 7.43. The van der Waals surface area contributed by atoms with Crippen molar-refractivity contribution < 1.29 is 9.47 Å². The number of nitrogens with one attached hydrogen (secondary N) is 1. The Hall–Kier alpha value is -0.930. The predicted molar refractivity (Wildman–Crippen MR) is 111 cm³/mol. The number of methoxy groups -OCH3 is 1. The van der Waals surface area contributed by atoms with Crippen LogP contribution in [0, 0.1) is 16.7 Å². The van der Waals surface area contributed by atoms with Gasteiger partial charge in [0.25, 0.3) is 0 Å². The van der Waals surface area contributed by atoms with Gasteiger partial charge in [-0.05, 0) is 75.2 Å². The molecule has 27 heavy (non-hydrogen) atoms. The van der Waals surface area contributed by atoms with Crippen molar-refractivity contribution in [3.05, 3.63) is 22.7 Å². The summed E-state index contributed by atoms with van der Waals surface area (Å²) in [6.07, 6.45) is 8.23. The van der Waals surface area contributed by atoms with Crippen LogP contribution in [0.15, 0.2) is 12.1 Å². The van der Waals surface area contributed by atoms with Crippen molar-refractivity contribution in [2.45, 2.75) is 84.4 Å². The van der Waals surface area contributed by atoms with E-state index in [0.717, 1.165) is 29.5 Å². The minimum absolute atomic E-state index is 0.0937. The number of ether oxygens (including phenoxy) is 2. The molecule has 0 spiro atoms. The summed E-state index contributed by atoms with van der Waals surface area (Å²) in [4.78, 5) is 0. The molecule has 0 aromatic heterocycles. The van der Waals surface area contributed by atoms with Gasteiger partial charge in [0.05, 0.1) is 13.2 Å². The first-order valence-electron chi connectivity index (χ1n) is 10.4. The maximum Gasteiger partial charge on any atom is 0.166 e. The lowest BCUT2D eigenvalue weighted by atomic mass is 9.43. The van der Waals surface area contributed by atoms with Crippen LogP contribution >= 0.6 is 11.6 Å². The normalized spacial score (nSPS) is 37.1. The molecule has 4 aliphatic rings. The second-order valence-electron chi connectivity index (χ2n) is 10.5.